The summed E-state index contributed by atoms with van der Waals surface area (Å²) in [7, 11) is 0. The van der Waals surface area contributed by atoms with Crippen molar-refractivity contribution in [3.8, 4) is 5.75 Å². The van der Waals surface area contributed by atoms with Crippen LogP contribution >= 0.6 is 11.8 Å². The van der Waals surface area contributed by atoms with Crippen molar-refractivity contribution in [3.63, 3.8) is 0 Å². The predicted octanol–water partition coefficient (Wildman–Crippen LogP) is 3.75. The second-order valence-electron chi connectivity index (χ2n) is 9.13. The lowest BCUT2D eigenvalue weighted by molar-refractivity contribution is -0.149. The first-order valence-electron chi connectivity index (χ1n) is 11.8. The highest BCUT2D eigenvalue weighted by Crippen LogP contribution is 2.63. The van der Waals surface area contributed by atoms with Gasteiger partial charge in [0.15, 0.2) is 0 Å². The number of nitrogens with zero attached hydrogens (tertiary/aromatic N) is 2. The Bertz CT molecular complexity index is 1110. The average Bonchev–Trinajstić information content (AvgIpc) is 3.46. The number of carbonyl (C=O) groups is 2. The quantitative estimate of drug-likeness (QED) is 0.631. The van der Waals surface area contributed by atoms with E-state index < -0.39 is 11.5 Å². The summed E-state index contributed by atoms with van der Waals surface area (Å²) >= 11 is 1.79. The van der Waals surface area contributed by atoms with Gasteiger partial charge in [0.05, 0.1) is 19.1 Å². The molecule has 0 unspecified atom stereocenters. The molecular weight excluding hydrogens is 436 g/mol. The third kappa shape index (κ3) is 2.85. The van der Waals surface area contributed by atoms with Crippen molar-refractivity contribution in [2.75, 3.05) is 36.3 Å². The van der Waals surface area contributed by atoms with E-state index >= 15 is 0 Å². The first kappa shape index (κ1) is 21.1. The molecule has 4 aliphatic heterocycles. The highest BCUT2D eigenvalue weighted by Gasteiger charge is 2.71. The Morgan fingerprint density at radius 2 is 2.00 bits per heavy atom. The first-order valence-corrected chi connectivity index (χ1v) is 13.0. The number of para-hydroxylation sites is 2. The van der Waals surface area contributed by atoms with Crippen LogP contribution in [0.15, 0.2) is 48.5 Å². The number of esters is 1. The van der Waals surface area contributed by atoms with Gasteiger partial charge in [0.25, 0.3) is 5.91 Å². The molecule has 0 aliphatic carbocycles. The number of fused-ring (bicyclic) bond motifs is 6. The zero-order valence-corrected chi connectivity index (χ0v) is 19.6. The van der Waals surface area contributed by atoms with Crippen molar-refractivity contribution in [2.45, 2.75) is 37.3 Å². The normalized spacial score (nSPS) is 30.5. The third-order valence-corrected chi connectivity index (χ3v) is 8.66. The van der Waals surface area contributed by atoms with Crippen LogP contribution in [0, 0.1) is 5.92 Å². The number of amides is 1. The van der Waals surface area contributed by atoms with Gasteiger partial charge in [0.1, 0.15) is 11.3 Å². The maximum absolute atomic E-state index is 14.6. The van der Waals surface area contributed by atoms with Crippen LogP contribution in [0.5, 0.6) is 5.75 Å². The molecule has 4 heterocycles. The van der Waals surface area contributed by atoms with Crippen LogP contribution in [-0.4, -0.2) is 54.2 Å². The van der Waals surface area contributed by atoms with E-state index in [1.165, 1.54) is 0 Å². The minimum absolute atomic E-state index is 0.0630. The molecule has 1 amide bonds. The summed E-state index contributed by atoms with van der Waals surface area (Å²) in [4.78, 5) is 32.4. The molecule has 2 aromatic carbocycles. The van der Waals surface area contributed by atoms with Crippen LogP contribution in [0.3, 0.4) is 0 Å². The molecule has 7 heteroatoms. The van der Waals surface area contributed by atoms with Crippen molar-refractivity contribution in [2.24, 2.45) is 5.92 Å². The summed E-state index contributed by atoms with van der Waals surface area (Å²) in [5.41, 5.74) is 1.98. The second-order valence-corrected chi connectivity index (χ2v) is 10.1. The van der Waals surface area contributed by atoms with Gasteiger partial charge in [-0.3, -0.25) is 14.5 Å². The largest absolute Gasteiger partial charge is 0.493 e. The van der Waals surface area contributed by atoms with Gasteiger partial charge in [-0.1, -0.05) is 36.4 Å². The van der Waals surface area contributed by atoms with Crippen LogP contribution < -0.4 is 9.64 Å². The van der Waals surface area contributed by atoms with E-state index in [4.69, 9.17) is 9.47 Å². The molecule has 0 radical (unpaired) electrons. The molecule has 2 fully saturated rings. The summed E-state index contributed by atoms with van der Waals surface area (Å²) in [6, 6.07) is 16.1. The molecule has 0 N–H and O–H groups in total. The van der Waals surface area contributed by atoms with Gasteiger partial charge in [-0.2, -0.15) is 0 Å². The van der Waals surface area contributed by atoms with E-state index in [1.54, 1.807) is 11.8 Å². The number of ether oxygens (including phenoxy) is 2. The zero-order chi connectivity index (χ0) is 22.6. The van der Waals surface area contributed by atoms with Gasteiger partial charge in [0, 0.05) is 46.9 Å². The monoisotopic (exact) mass is 464 g/mol. The Labute approximate surface area is 198 Å². The maximum Gasteiger partial charge on any atom is 0.311 e. The number of hydrogen-bond acceptors (Lipinski definition) is 6. The Hall–Kier alpha value is -2.51. The highest BCUT2D eigenvalue weighted by atomic mass is 32.2. The molecule has 1 spiro atoms. The fourth-order valence-electron chi connectivity index (χ4n) is 6.41. The Balaban J connectivity index is 1.67. The van der Waals surface area contributed by atoms with Crippen molar-refractivity contribution < 1.29 is 19.1 Å². The molecule has 33 heavy (non-hydrogen) atoms. The van der Waals surface area contributed by atoms with E-state index in [1.807, 2.05) is 48.2 Å². The van der Waals surface area contributed by atoms with Gasteiger partial charge in [-0.15, -0.1) is 11.8 Å². The van der Waals surface area contributed by atoms with Gasteiger partial charge in [0.2, 0.25) is 0 Å². The lowest BCUT2D eigenvalue weighted by Gasteiger charge is -2.38. The number of rotatable bonds is 2. The highest BCUT2D eigenvalue weighted by molar-refractivity contribution is 7.99. The van der Waals surface area contributed by atoms with Crippen molar-refractivity contribution in [1.29, 1.82) is 0 Å². The van der Waals surface area contributed by atoms with Crippen LogP contribution in [-0.2, 0) is 19.9 Å². The van der Waals surface area contributed by atoms with E-state index in [-0.39, 0.29) is 23.8 Å². The number of hydrogen-bond donors (Lipinski definition) is 0. The fraction of sp³-hybridized carbons (Fsp3) is 0.462. The topological polar surface area (TPSA) is 59.1 Å². The summed E-state index contributed by atoms with van der Waals surface area (Å²) in [6.45, 7) is 3.41. The predicted molar refractivity (Wildman–Crippen MR) is 127 cm³/mol. The molecule has 4 aliphatic rings. The summed E-state index contributed by atoms with van der Waals surface area (Å²) in [5, 5.41) is 0. The van der Waals surface area contributed by atoms with Crippen LogP contribution in [0.1, 0.15) is 36.8 Å². The third-order valence-electron chi connectivity index (χ3n) is 7.62. The molecule has 4 atom stereocenters. The van der Waals surface area contributed by atoms with Crippen LogP contribution in [0.2, 0.25) is 0 Å². The van der Waals surface area contributed by atoms with Crippen molar-refractivity contribution in [1.82, 2.24) is 4.90 Å². The minimum Gasteiger partial charge on any atom is -0.493 e. The first-order chi connectivity index (χ1) is 16.2. The lowest BCUT2D eigenvalue weighted by Crippen LogP contribution is -2.52. The maximum atomic E-state index is 14.6. The number of carbonyl (C=O) groups excluding carboxylic acids is 2. The fourth-order valence-corrected chi connectivity index (χ4v) is 7.74. The number of thioether (sulfide) groups is 1. The molecule has 6 nitrogen and oxygen atoms in total. The molecule has 2 saturated heterocycles. The van der Waals surface area contributed by atoms with Gasteiger partial charge in [-0.05, 0) is 31.9 Å². The second kappa shape index (κ2) is 8.06. The van der Waals surface area contributed by atoms with Crippen molar-refractivity contribution in [3.05, 3.63) is 59.7 Å². The number of anilines is 1. The van der Waals surface area contributed by atoms with Gasteiger partial charge >= 0.3 is 5.97 Å². The molecule has 0 saturated carbocycles. The van der Waals surface area contributed by atoms with E-state index in [0.717, 1.165) is 41.2 Å². The molecule has 0 aromatic heterocycles. The van der Waals surface area contributed by atoms with E-state index in [2.05, 4.69) is 17.0 Å². The molecule has 172 valence electrons. The minimum atomic E-state index is -0.939. The van der Waals surface area contributed by atoms with Crippen molar-refractivity contribution >= 4 is 29.3 Å². The SMILES string of the molecule is CCOC(=O)[C@@H]1[C@H]2c3ccccc3OCCCCN3C(=O)[C@]2(c2ccccc23)N2CSC[C@@H]12. The molecular formula is C26H28N2O4S. The Kier molecular flexibility index (Phi) is 5.14. The Morgan fingerprint density at radius 1 is 1.18 bits per heavy atom. The van der Waals surface area contributed by atoms with Gasteiger partial charge in [-0.25, -0.2) is 0 Å². The summed E-state index contributed by atoms with van der Waals surface area (Å²) in [6.07, 6.45) is 1.73. The standard InChI is InChI=1S/C26H28N2O4S/c1-2-31-24(29)22-20-15-33-16-28(20)26-18-10-4-5-11-19(18)27(25(26)30)13-7-8-14-32-21-12-6-3-9-17(21)23(22)26/h3-6,9-12,20,22-23H,2,7-8,13-16H2,1H3/t20-,22-,23+,26+/m0/s1. The smallest absolute Gasteiger partial charge is 0.311 e. The molecule has 2 aromatic rings. The van der Waals surface area contributed by atoms with Crippen LogP contribution in [0.4, 0.5) is 5.69 Å². The summed E-state index contributed by atoms with van der Waals surface area (Å²) < 4.78 is 11.9. The Morgan fingerprint density at radius 3 is 2.88 bits per heavy atom. The number of benzene rings is 2. The molecule has 6 rings (SSSR count). The van der Waals surface area contributed by atoms with E-state index in [9.17, 15) is 9.59 Å². The van der Waals surface area contributed by atoms with Gasteiger partial charge < -0.3 is 14.4 Å². The zero-order valence-electron chi connectivity index (χ0n) is 18.7. The van der Waals surface area contributed by atoms with E-state index in [0.29, 0.717) is 25.6 Å². The summed E-state index contributed by atoms with van der Waals surface area (Å²) in [5.74, 6) is 1.34. The average molecular weight is 465 g/mol. The lowest BCUT2D eigenvalue weighted by atomic mass is 9.71. The molecule has 2 bridgehead atoms. The van der Waals surface area contributed by atoms with Crippen LogP contribution in [0.25, 0.3) is 0 Å².